The highest BCUT2D eigenvalue weighted by Crippen LogP contribution is 2.26. The Morgan fingerprint density at radius 1 is 1.10 bits per heavy atom. The first kappa shape index (κ1) is 22.0. The van der Waals surface area contributed by atoms with Gasteiger partial charge in [0.2, 0.25) is 10.0 Å². The molecule has 2 aliphatic rings. The van der Waals surface area contributed by atoms with E-state index in [1.54, 1.807) is 4.90 Å². The van der Waals surface area contributed by atoms with Crippen LogP contribution in [0.3, 0.4) is 0 Å². The fourth-order valence-electron chi connectivity index (χ4n) is 3.39. The van der Waals surface area contributed by atoms with Crippen LogP contribution >= 0.6 is 11.6 Å². The third kappa shape index (κ3) is 5.09. The van der Waals surface area contributed by atoms with Gasteiger partial charge in [0.1, 0.15) is 0 Å². The summed E-state index contributed by atoms with van der Waals surface area (Å²) in [5.41, 5.74) is -0.0774. The number of amides is 1. The summed E-state index contributed by atoms with van der Waals surface area (Å²) in [6.45, 7) is 4.14. The zero-order valence-electron chi connectivity index (χ0n) is 16.3. The first-order valence-electron chi connectivity index (χ1n) is 9.68. The summed E-state index contributed by atoms with van der Waals surface area (Å²) in [4.78, 5) is 26.6. The Hall–Kier alpha value is -1.68. The number of esters is 1. The number of ether oxygens (including phenoxy) is 2. The molecule has 0 spiro atoms. The van der Waals surface area contributed by atoms with Crippen molar-refractivity contribution in [2.75, 3.05) is 39.4 Å². The molecule has 2 fully saturated rings. The van der Waals surface area contributed by atoms with Gasteiger partial charge in [-0.15, -0.1) is 0 Å². The van der Waals surface area contributed by atoms with Gasteiger partial charge in [-0.05, 0) is 38.0 Å². The highest BCUT2D eigenvalue weighted by Gasteiger charge is 2.29. The molecule has 10 heteroatoms. The van der Waals surface area contributed by atoms with Gasteiger partial charge in [0, 0.05) is 26.2 Å². The van der Waals surface area contributed by atoms with Crippen LogP contribution in [-0.4, -0.2) is 75.0 Å². The maximum atomic E-state index is 12.9. The molecule has 0 bridgehead atoms. The molecule has 1 amide bonds. The van der Waals surface area contributed by atoms with E-state index in [1.165, 1.54) is 29.4 Å². The van der Waals surface area contributed by atoms with Gasteiger partial charge < -0.3 is 14.4 Å². The van der Waals surface area contributed by atoms with Crippen LogP contribution in [0, 0.1) is 0 Å². The minimum Gasteiger partial charge on any atom is -0.449 e. The van der Waals surface area contributed by atoms with Gasteiger partial charge in [-0.25, -0.2) is 13.2 Å². The number of carbonyl (C=O) groups is 2. The number of halogens is 1. The first-order chi connectivity index (χ1) is 13.8. The minimum absolute atomic E-state index is 0.0112. The standard InChI is InChI=1S/C19H25ClN2O6S/c1-14(18(23)21-9-11-27-12-10-21)28-19(24)16-13-15(5-6-17(16)20)29(25,26)22-7-3-2-4-8-22/h5-6,13-14H,2-4,7-12H2,1H3. The van der Waals surface area contributed by atoms with E-state index in [4.69, 9.17) is 21.1 Å². The molecular weight excluding hydrogens is 420 g/mol. The average molecular weight is 445 g/mol. The van der Waals surface area contributed by atoms with E-state index in [1.807, 2.05) is 0 Å². The molecule has 1 aromatic rings. The van der Waals surface area contributed by atoms with E-state index >= 15 is 0 Å². The average Bonchev–Trinajstić information content (AvgIpc) is 2.74. The minimum atomic E-state index is -3.72. The molecule has 2 saturated heterocycles. The molecule has 3 rings (SSSR count). The van der Waals surface area contributed by atoms with Gasteiger partial charge in [0.25, 0.3) is 5.91 Å². The second kappa shape index (κ2) is 9.42. The summed E-state index contributed by atoms with van der Waals surface area (Å²) in [7, 11) is -3.72. The Bertz CT molecular complexity index is 863. The van der Waals surface area contributed by atoms with Gasteiger partial charge in [-0.3, -0.25) is 4.79 Å². The number of hydrogen-bond donors (Lipinski definition) is 0. The molecular formula is C19H25ClN2O6S. The van der Waals surface area contributed by atoms with Gasteiger partial charge in [-0.1, -0.05) is 18.0 Å². The summed E-state index contributed by atoms with van der Waals surface area (Å²) in [5.74, 6) is -1.16. The molecule has 0 aliphatic carbocycles. The number of rotatable bonds is 5. The molecule has 0 saturated carbocycles. The molecule has 0 radical (unpaired) electrons. The third-order valence-corrected chi connectivity index (χ3v) is 7.29. The number of carbonyl (C=O) groups excluding carboxylic acids is 2. The van der Waals surface area contributed by atoms with E-state index < -0.39 is 22.1 Å². The van der Waals surface area contributed by atoms with Crippen molar-refractivity contribution in [3.63, 3.8) is 0 Å². The lowest BCUT2D eigenvalue weighted by molar-refractivity contribution is -0.143. The van der Waals surface area contributed by atoms with Crippen LogP contribution in [-0.2, 0) is 24.3 Å². The smallest absolute Gasteiger partial charge is 0.340 e. The number of nitrogens with zero attached hydrogens (tertiary/aromatic N) is 2. The maximum Gasteiger partial charge on any atom is 0.340 e. The Balaban J connectivity index is 1.74. The molecule has 8 nitrogen and oxygen atoms in total. The van der Waals surface area contributed by atoms with E-state index in [0.29, 0.717) is 39.4 Å². The second-order valence-corrected chi connectivity index (χ2v) is 9.44. The summed E-state index contributed by atoms with van der Waals surface area (Å²) >= 11 is 6.12. The van der Waals surface area contributed by atoms with Crippen LogP contribution < -0.4 is 0 Å². The van der Waals surface area contributed by atoms with Crippen LogP contribution in [0.1, 0.15) is 36.5 Å². The Morgan fingerprint density at radius 2 is 1.76 bits per heavy atom. The highest BCUT2D eigenvalue weighted by molar-refractivity contribution is 7.89. The van der Waals surface area contributed by atoms with Crippen molar-refractivity contribution in [3.8, 4) is 0 Å². The molecule has 1 unspecified atom stereocenters. The van der Waals surface area contributed by atoms with Crippen molar-refractivity contribution in [1.29, 1.82) is 0 Å². The summed E-state index contributed by atoms with van der Waals surface area (Å²) in [6, 6.07) is 3.97. The van der Waals surface area contributed by atoms with Crippen molar-refractivity contribution in [1.82, 2.24) is 9.21 Å². The monoisotopic (exact) mass is 444 g/mol. The molecule has 2 heterocycles. The quantitative estimate of drug-likeness (QED) is 0.644. The van der Waals surface area contributed by atoms with Crippen molar-refractivity contribution in [2.24, 2.45) is 0 Å². The number of hydrogen-bond acceptors (Lipinski definition) is 6. The summed E-state index contributed by atoms with van der Waals surface area (Å²) in [6.07, 6.45) is 1.60. The Labute approximate surface area is 175 Å². The van der Waals surface area contributed by atoms with E-state index in [0.717, 1.165) is 19.3 Å². The van der Waals surface area contributed by atoms with Gasteiger partial charge >= 0.3 is 5.97 Å². The van der Waals surface area contributed by atoms with E-state index in [2.05, 4.69) is 0 Å². The van der Waals surface area contributed by atoms with Crippen LogP contribution in [0.15, 0.2) is 23.1 Å². The van der Waals surface area contributed by atoms with Crippen LogP contribution in [0.4, 0.5) is 0 Å². The first-order valence-corrected chi connectivity index (χ1v) is 11.5. The fraction of sp³-hybridized carbons (Fsp3) is 0.579. The lowest BCUT2D eigenvalue weighted by atomic mass is 10.2. The van der Waals surface area contributed by atoms with Gasteiger partial charge in [0.05, 0.1) is 28.7 Å². The predicted molar refractivity (Wildman–Crippen MR) is 106 cm³/mol. The number of sulfonamides is 1. The van der Waals surface area contributed by atoms with Crippen LogP contribution in [0.25, 0.3) is 0 Å². The number of piperidine rings is 1. The zero-order valence-corrected chi connectivity index (χ0v) is 17.9. The van der Waals surface area contributed by atoms with E-state index in [9.17, 15) is 18.0 Å². The maximum absolute atomic E-state index is 12.9. The Morgan fingerprint density at radius 3 is 2.41 bits per heavy atom. The van der Waals surface area contributed by atoms with Gasteiger partial charge in [0.15, 0.2) is 6.10 Å². The predicted octanol–water partition coefficient (Wildman–Crippen LogP) is 1.92. The SMILES string of the molecule is CC(OC(=O)c1cc(S(=O)(=O)N2CCCCC2)ccc1Cl)C(=O)N1CCOCC1. The van der Waals surface area contributed by atoms with Crippen LogP contribution in [0.2, 0.25) is 5.02 Å². The van der Waals surface area contributed by atoms with Crippen LogP contribution in [0.5, 0.6) is 0 Å². The molecule has 160 valence electrons. The molecule has 1 aromatic carbocycles. The number of morpholine rings is 1. The second-order valence-electron chi connectivity index (χ2n) is 7.09. The summed E-state index contributed by atoms with van der Waals surface area (Å²) < 4.78 is 37.6. The van der Waals surface area contributed by atoms with Crippen molar-refractivity contribution < 1.29 is 27.5 Å². The topological polar surface area (TPSA) is 93.2 Å². The fourth-order valence-corrected chi connectivity index (χ4v) is 5.13. The lowest BCUT2D eigenvalue weighted by Crippen LogP contribution is -2.46. The molecule has 0 N–H and O–H groups in total. The van der Waals surface area contributed by atoms with E-state index in [-0.39, 0.29) is 21.4 Å². The highest BCUT2D eigenvalue weighted by atomic mass is 35.5. The molecule has 29 heavy (non-hydrogen) atoms. The molecule has 0 aromatic heterocycles. The largest absolute Gasteiger partial charge is 0.449 e. The zero-order chi connectivity index (χ0) is 21.0. The van der Waals surface area contributed by atoms with Gasteiger partial charge in [-0.2, -0.15) is 4.31 Å². The molecule has 1 atom stereocenters. The summed E-state index contributed by atoms with van der Waals surface area (Å²) in [5, 5.41) is 0.0682. The lowest BCUT2D eigenvalue weighted by Gasteiger charge is -2.29. The normalized spacial score (nSPS) is 19.6. The molecule has 2 aliphatic heterocycles. The van der Waals surface area contributed by atoms with Crippen molar-refractivity contribution in [3.05, 3.63) is 28.8 Å². The van der Waals surface area contributed by atoms with Crippen molar-refractivity contribution in [2.45, 2.75) is 37.2 Å². The van der Waals surface area contributed by atoms with Crippen molar-refractivity contribution >= 4 is 33.5 Å². The Kier molecular flexibility index (Phi) is 7.15. The third-order valence-electron chi connectivity index (χ3n) is 5.06. The number of benzene rings is 1.